The third-order valence-corrected chi connectivity index (χ3v) is 9.32. The Kier molecular flexibility index (Phi) is 17.2. The number of amides is 4. The maximum Gasteiger partial charge on any atom is 0.330 e. The molecule has 3 atom stereocenters. The molecule has 0 spiro atoms. The van der Waals surface area contributed by atoms with E-state index >= 15 is 0 Å². The molecule has 0 saturated heterocycles. The number of ether oxygens (including phenoxy) is 1. The predicted molar refractivity (Wildman–Crippen MR) is 219 cm³/mol. The van der Waals surface area contributed by atoms with Crippen molar-refractivity contribution in [1.29, 1.82) is 0 Å². The molecule has 0 saturated carbocycles. The molecule has 4 aromatic rings. The minimum absolute atomic E-state index is 0.0320. The standard InChI is InChI=1S/C46H54N4O7/c1-4-57-43(54)28-26-38(47-44(55)40(32-34-17-9-5-10-18-34)49-45(56)39(31-33(2)3)48-41(52)29-30-51)25-27-42(53)50-46(35-19-11-6-12-20-35,36-21-13-7-14-22-36)37-23-15-8-16-24-37/h5-24,26,28,33,38-40,51H,4,25,27,29-32H2,1-3H3,(H,47,55)(H,48,52)(H,49,56)(H,50,53)/b28-26+/t38-,39-,40-/m0/s1. The highest BCUT2D eigenvalue weighted by Gasteiger charge is 2.38. The molecule has 0 bridgehead atoms. The van der Waals surface area contributed by atoms with E-state index in [9.17, 15) is 29.1 Å². The molecule has 11 heteroatoms. The van der Waals surface area contributed by atoms with Crippen LogP contribution in [0.25, 0.3) is 0 Å². The average molecular weight is 775 g/mol. The van der Waals surface area contributed by atoms with Crippen molar-refractivity contribution in [3.8, 4) is 0 Å². The highest BCUT2D eigenvalue weighted by molar-refractivity contribution is 5.92. The largest absolute Gasteiger partial charge is 0.463 e. The van der Waals surface area contributed by atoms with Gasteiger partial charge < -0.3 is 31.1 Å². The molecule has 5 N–H and O–H groups in total. The molecule has 4 rings (SSSR count). The normalized spacial score (nSPS) is 12.9. The van der Waals surface area contributed by atoms with Gasteiger partial charge in [0.15, 0.2) is 0 Å². The molecule has 0 aromatic heterocycles. The number of aliphatic hydroxyl groups excluding tert-OH is 1. The molecule has 0 aliphatic heterocycles. The highest BCUT2D eigenvalue weighted by atomic mass is 16.5. The van der Waals surface area contributed by atoms with Crippen LogP contribution < -0.4 is 21.3 Å². The van der Waals surface area contributed by atoms with Crippen molar-refractivity contribution >= 4 is 29.6 Å². The molecular formula is C46H54N4O7. The number of aliphatic hydroxyl groups is 1. The van der Waals surface area contributed by atoms with Crippen molar-refractivity contribution in [3.05, 3.63) is 156 Å². The van der Waals surface area contributed by atoms with Crippen molar-refractivity contribution in [1.82, 2.24) is 21.3 Å². The second-order valence-corrected chi connectivity index (χ2v) is 14.1. The predicted octanol–water partition coefficient (Wildman–Crippen LogP) is 5.12. The van der Waals surface area contributed by atoms with Crippen molar-refractivity contribution in [2.24, 2.45) is 5.92 Å². The smallest absolute Gasteiger partial charge is 0.330 e. The molecule has 57 heavy (non-hydrogen) atoms. The lowest BCUT2D eigenvalue weighted by molar-refractivity contribution is -0.137. The minimum atomic E-state index is -1.08. The third kappa shape index (κ3) is 13.3. The molecule has 0 radical (unpaired) electrons. The zero-order chi connectivity index (χ0) is 41.0. The van der Waals surface area contributed by atoms with Gasteiger partial charge in [-0.1, -0.05) is 141 Å². The number of hydrogen-bond acceptors (Lipinski definition) is 7. The van der Waals surface area contributed by atoms with Crippen LogP contribution in [0.2, 0.25) is 0 Å². The van der Waals surface area contributed by atoms with Crippen LogP contribution in [-0.4, -0.2) is 66.0 Å². The summed E-state index contributed by atoms with van der Waals surface area (Å²) in [6, 6.07) is 35.4. The molecule has 4 amide bonds. The number of hydrogen-bond donors (Lipinski definition) is 5. The Hall–Kier alpha value is -6.07. The molecular weight excluding hydrogens is 721 g/mol. The van der Waals surface area contributed by atoms with E-state index in [4.69, 9.17) is 4.74 Å². The van der Waals surface area contributed by atoms with Gasteiger partial charge in [-0.2, -0.15) is 0 Å². The lowest BCUT2D eigenvalue weighted by Crippen LogP contribution is -2.55. The monoisotopic (exact) mass is 774 g/mol. The summed E-state index contributed by atoms with van der Waals surface area (Å²) in [5.74, 6) is -2.47. The van der Waals surface area contributed by atoms with E-state index in [0.717, 1.165) is 22.3 Å². The summed E-state index contributed by atoms with van der Waals surface area (Å²) >= 11 is 0. The first-order chi connectivity index (χ1) is 27.5. The Morgan fingerprint density at radius 1 is 0.667 bits per heavy atom. The number of carbonyl (C=O) groups is 5. The van der Waals surface area contributed by atoms with Gasteiger partial charge in [0, 0.05) is 31.4 Å². The van der Waals surface area contributed by atoms with E-state index in [-0.39, 0.29) is 50.7 Å². The van der Waals surface area contributed by atoms with Gasteiger partial charge in [-0.25, -0.2) is 4.79 Å². The number of rotatable bonds is 21. The topological polar surface area (TPSA) is 163 Å². The highest BCUT2D eigenvalue weighted by Crippen LogP contribution is 2.37. The van der Waals surface area contributed by atoms with Crippen LogP contribution in [0.4, 0.5) is 0 Å². The molecule has 0 fully saturated rings. The summed E-state index contributed by atoms with van der Waals surface area (Å²) < 4.78 is 5.10. The second kappa shape index (κ2) is 22.5. The van der Waals surface area contributed by atoms with Gasteiger partial charge in [0.05, 0.1) is 13.2 Å². The van der Waals surface area contributed by atoms with Crippen LogP contribution in [0.1, 0.15) is 68.7 Å². The van der Waals surface area contributed by atoms with Crippen LogP contribution in [0, 0.1) is 5.92 Å². The molecule has 300 valence electrons. The van der Waals surface area contributed by atoms with E-state index in [1.165, 1.54) is 12.2 Å². The summed E-state index contributed by atoms with van der Waals surface area (Å²) in [7, 11) is 0. The van der Waals surface area contributed by atoms with Crippen LogP contribution in [0.15, 0.2) is 133 Å². The van der Waals surface area contributed by atoms with E-state index in [1.807, 2.05) is 135 Å². The number of esters is 1. The van der Waals surface area contributed by atoms with Crippen LogP contribution in [0.5, 0.6) is 0 Å². The second-order valence-electron chi connectivity index (χ2n) is 14.1. The number of benzene rings is 4. The minimum Gasteiger partial charge on any atom is -0.463 e. The summed E-state index contributed by atoms with van der Waals surface area (Å²) in [5, 5.41) is 21.1. The number of nitrogens with one attached hydrogen (secondary N) is 4. The van der Waals surface area contributed by atoms with Crippen molar-refractivity contribution in [2.75, 3.05) is 13.2 Å². The Morgan fingerprint density at radius 3 is 1.67 bits per heavy atom. The summed E-state index contributed by atoms with van der Waals surface area (Å²) in [6.07, 6.45) is 3.02. The molecule has 0 unspecified atom stereocenters. The fourth-order valence-electron chi connectivity index (χ4n) is 6.63. The molecule has 4 aromatic carbocycles. The zero-order valence-electron chi connectivity index (χ0n) is 32.9. The van der Waals surface area contributed by atoms with Gasteiger partial charge in [-0.05, 0) is 47.9 Å². The molecule has 0 aliphatic carbocycles. The van der Waals surface area contributed by atoms with Gasteiger partial charge in [0.1, 0.15) is 17.6 Å². The van der Waals surface area contributed by atoms with E-state index in [0.29, 0.717) is 6.42 Å². The Bertz CT molecular complexity index is 1810. The molecule has 0 aliphatic rings. The van der Waals surface area contributed by atoms with Gasteiger partial charge in [0.25, 0.3) is 0 Å². The Labute approximate surface area is 335 Å². The lowest BCUT2D eigenvalue weighted by Gasteiger charge is -2.37. The van der Waals surface area contributed by atoms with Crippen LogP contribution in [0.3, 0.4) is 0 Å². The van der Waals surface area contributed by atoms with E-state index in [1.54, 1.807) is 6.92 Å². The summed E-state index contributed by atoms with van der Waals surface area (Å²) in [4.78, 5) is 66.9. The third-order valence-electron chi connectivity index (χ3n) is 9.32. The lowest BCUT2D eigenvalue weighted by atomic mass is 9.77. The summed E-state index contributed by atoms with van der Waals surface area (Å²) in [5.41, 5.74) is 2.28. The Balaban J connectivity index is 1.62. The van der Waals surface area contributed by atoms with Crippen LogP contribution in [-0.2, 0) is 40.7 Å². The average Bonchev–Trinajstić information content (AvgIpc) is 3.21. The van der Waals surface area contributed by atoms with Crippen molar-refractivity contribution in [2.45, 2.75) is 76.5 Å². The first-order valence-corrected chi connectivity index (χ1v) is 19.4. The Morgan fingerprint density at radius 2 is 1.18 bits per heavy atom. The zero-order valence-corrected chi connectivity index (χ0v) is 32.9. The number of carbonyl (C=O) groups excluding carboxylic acids is 5. The van der Waals surface area contributed by atoms with E-state index < -0.39 is 47.4 Å². The van der Waals surface area contributed by atoms with Crippen molar-refractivity contribution < 1.29 is 33.8 Å². The fourth-order valence-corrected chi connectivity index (χ4v) is 6.63. The van der Waals surface area contributed by atoms with Gasteiger partial charge in [-0.3, -0.25) is 19.2 Å². The van der Waals surface area contributed by atoms with Gasteiger partial charge in [0.2, 0.25) is 23.6 Å². The SMILES string of the molecule is CCOC(=O)/C=C/[C@H](CCC(=O)NC(c1ccccc1)(c1ccccc1)c1ccccc1)NC(=O)[C@H](Cc1ccccc1)NC(=O)[C@H](CC(C)C)NC(=O)CCO. The van der Waals surface area contributed by atoms with Gasteiger partial charge >= 0.3 is 5.97 Å². The first kappa shape index (κ1) is 43.7. The molecule has 11 nitrogen and oxygen atoms in total. The fraction of sp³-hybridized carbons (Fsp3) is 0.326. The summed E-state index contributed by atoms with van der Waals surface area (Å²) in [6.45, 7) is 5.29. The maximum atomic E-state index is 14.2. The van der Waals surface area contributed by atoms with Crippen molar-refractivity contribution in [3.63, 3.8) is 0 Å². The quantitative estimate of drug-likeness (QED) is 0.0446. The molecule has 0 heterocycles. The first-order valence-electron chi connectivity index (χ1n) is 19.4. The maximum absolute atomic E-state index is 14.2. The van der Waals surface area contributed by atoms with E-state index in [2.05, 4.69) is 21.3 Å². The van der Waals surface area contributed by atoms with Crippen LogP contribution >= 0.6 is 0 Å². The van der Waals surface area contributed by atoms with Gasteiger partial charge in [-0.15, -0.1) is 0 Å².